The lowest BCUT2D eigenvalue weighted by Gasteiger charge is -2.24. The first kappa shape index (κ1) is 21.8. The van der Waals surface area contributed by atoms with Gasteiger partial charge in [-0.25, -0.2) is 0 Å². The molecule has 1 aromatic heterocycles. The first-order valence-electron chi connectivity index (χ1n) is 9.74. The molecule has 3 rings (SSSR count). The Labute approximate surface area is 180 Å². The van der Waals surface area contributed by atoms with E-state index >= 15 is 0 Å². The fourth-order valence-electron chi connectivity index (χ4n) is 3.43. The summed E-state index contributed by atoms with van der Waals surface area (Å²) in [5, 5.41) is 12.9. The molecule has 0 saturated carbocycles. The molecule has 1 fully saturated rings. The van der Waals surface area contributed by atoms with Crippen molar-refractivity contribution in [2.75, 3.05) is 33.8 Å². The maximum atomic E-state index is 12.9. The molecule has 1 saturated heterocycles. The SMILES string of the molecule is C=CCOc1ccc(C(O)=C2C(=O)C(=O)N(CCCN(C)C)C2c2cccs2)cc1. The molecule has 1 unspecified atom stereocenters. The van der Waals surface area contributed by atoms with Gasteiger partial charge in [0.1, 0.15) is 18.1 Å². The van der Waals surface area contributed by atoms with E-state index < -0.39 is 17.7 Å². The van der Waals surface area contributed by atoms with Gasteiger partial charge in [-0.2, -0.15) is 0 Å². The molecule has 1 aromatic carbocycles. The van der Waals surface area contributed by atoms with Crippen molar-refractivity contribution >= 4 is 28.8 Å². The van der Waals surface area contributed by atoms with E-state index in [9.17, 15) is 14.7 Å². The van der Waals surface area contributed by atoms with Gasteiger partial charge in [-0.15, -0.1) is 11.3 Å². The Morgan fingerprint density at radius 2 is 2.00 bits per heavy atom. The van der Waals surface area contributed by atoms with E-state index in [1.54, 1.807) is 35.2 Å². The summed E-state index contributed by atoms with van der Waals surface area (Å²) < 4.78 is 5.47. The van der Waals surface area contributed by atoms with Crippen LogP contribution in [0.1, 0.15) is 22.9 Å². The topological polar surface area (TPSA) is 70.1 Å². The number of thiophene rings is 1. The van der Waals surface area contributed by atoms with Crippen LogP contribution in [0.25, 0.3) is 5.76 Å². The maximum Gasteiger partial charge on any atom is 0.295 e. The van der Waals surface area contributed by atoms with E-state index in [0.29, 0.717) is 24.5 Å². The fourth-order valence-corrected chi connectivity index (χ4v) is 4.28. The predicted octanol–water partition coefficient (Wildman–Crippen LogP) is 3.69. The molecular weight excluding hydrogens is 400 g/mol. The van der Waals surface area contributed by atoms with E-state index in [1.165, 1.54) is 11.3 Å². The number of carbonyl (C=O) groups excluding carboxylic acids is 2. The van der Waals surface area contributed by atoms with E-state index in [4.69, 9.17) is 4.74 Å². The van der Waals surface area contributed by atoms with E-state index in [0.717, 1.165) is 17.8 Å². The number of carbonyl (C=O) groups is 2. The van der Waals surface area contributed by atoms with Gasteiger partial charge >= 0.3 is 0 Å². The highest BCUT2D eigenvalue weighted by atomic mass is 32.1. The van der Waals surface area contributed by atoms with E-state index in [-0.39, 0.29) is 11.3 Å². The van der Waals surface area contributed by atoms with Crippen molar-refractivity contribution in [3.05, 3.63) is 70.4 Å². The average Bonchev–Trinajstić information content (AvgIpc) is 3.34. The molecule has 1 N–H and O–H groups in total. The number of Topliss-reactive ketones (excluding diaryl/α,β-unsaturated/α-hetero) is 1. The lowest BCUT2D eigenvalue weighted by molar-refractivity contribution is -0.139. The van der Waals surface area contributed by atoms with Gasteiger partial charge in [0, 0.05) is 17.0 Å². The second-order valence-corrected chi connectivity index (χ2v) is 8.27. The number of amides is 1. The highest BCUT2D eigenvalue weighted by molar-refractivity contribution is 7.10. The number of rotatable bonds is 9. The zero-order valence-electron chi connectivity index (χ0n) is 17.2. The van der Waals surface area contributed by atoms with Crippen LogP contribution in [-0.4, -0.2) is 60.4 Å². The quantitative estimate of drug-likeness (QED) is 0.287. The summed E-state index contributed by atoms with van der Waals surface area (Å²) in [6, 6.07) is 9.98. The third-order valence-electron chi connectivity index (χ3n) is 4.85. The molecule has 1 aliphatic heterocycles. The Kier molecular flexibility index (Phi) is 7.07. The van der Waals surface area contributed by atoms with Crippen LogP contribution < -0.4 is 4.74 Å². The minimum absolute atomic E-state index is 0.132. The summed E-state index contributed by atoms with van der Waals surface area (Å²) in [6.45, 7) is 5.23. The van der Waals surface area contributed by atoms with Crippen LogP contribution in [0.2, 0.25) is 0 Å². The molecule has 30 heavy (non-hydrogen) atoms. The third-order valence-corrected chi connectivity index (χ3v) is 5.78. The molecule has 0 bridgehead atoms. The Bertz CT molecular complexity index is 933. The highest BCUT2D eigenvalue weighted by Gasteiger charge is 2.46. The Hall–Kier alpha value is -2.90. The summed E-state index contributed by atoms with van der Waals surface area (Å²) in [4.78, 5) is 30.2. The number of ketones is 1. The van der Waals surface area contributed by atoms with Gasteiger partial charge in [0.05, 0.1) is 11.6 Å². The molecule has 2 heterocycles. The van der Waals surface area contributed by atoms with Gasteiger partial charge in [-0.05, 0) is 62.8 Å². The van der Waals surface area contributed by atoms with Gasteiger partial charge < -0.3 is 19.6 Å². The van der Waals surface area contributed by atoms with Crippen LogP contribution in [-0.2, 0) is 9.59 Å². The standard InChI is InChI=1S/C23H26N2O4S/c1-4-14-29-17-10-8-16(9-11-17)21(26)19-20(18-7-5-15-30-18)25(23(28)22(19)27)13-6-12-24(2)3/h4-5,7-11,15,20,26H,1,6,12-14H2,2-3H3. The Balaban J connectivity index is 1.96. The molecule has 0 spiro atoms. The highest BCUT2D eigenvalue weighted by Crippen LogP contribution is 2.41. The van der Waals surface area contributed by atoms with E-state index in [2.05, 4.69) is 6.58 Å². The Morgan fingerprint density at radius 1 is 1.27 bits per heavy atom. The molecule has 1 atom stereocenters. The van der Waals surface area contributed by atoms with Gasteiger partial charge in [-0.3, -0.25) is 9.59 Å². The molecule has 1 amide bonds. The number of nitrogens with zero attached hydrogens (tertiary/aromatic N) is 2. The summed E-state index contributed by atoms with van der Waals surface area (Å²) in [5.74, 6) is -0.759. The number of hydrogen-bond donors (Lipinski definition) is 1. The molecule has 7 heteroatoms. The van der Waals surface area contributed by atoms with Gasteiger partial charge in [0.25, 0.3) is 11.7 Å². The zero-order chi connectivity index (χ0) is 21.7. The molecule has 1 aliphatic rings. The lowest BCUT2D eigenvalue weighted by Crippen LogP contribution is -2.32. The second kappa shape index (κ2) is 9.73. The van der Waals surface area contributed by atoms with Crippen molar-refractivity contribution in [3.63, 3.8) is 0 Å². The summed E-state index contributed by atoms with van der Waals surface area (Å²) in [5.41, 5.74) is 0.598. The monoisotopic (exact) mass is 426 g/mol. The van der Waals surface area contributed by atoms with Gasteiger partial charge in [0.2, 0.25) is 0 Å². The van der Waals surface area contributed by atoms with Gasteiger partial charge in [0.15, 0.2) is 0 Å². The number of hydrogen-bond acceptors (Lipinski definition) is 6. The summed E-state index contributed by atoms with van der Waals surface area (Å²) in [6.07, 6.45) is 2.38. The molecule has 0 radical (unpaired) electrons. The first-order valence-corrected chi connectivity index (χ1v) is 10.6. The number of aliphatic hydroxyl groups is 1. The van der Waals surface area contributed by atoms with Gasteiger partial charge in [-0.1, -0.05) is 18.7 Å². The minimum atomic E-state index is -0.650. The molecule has 158 valence electrons. The van der Waals surface area contributed by atoms with Crippen LogP contribution in [0.5, 0.6) is 5.75 Å². The number of aliphatic hydroxyl groups excluding tert-OH is 1. The predicted molar refractivity (Wildman–Crippen MR) is 119 cm³/mol. The summed E-state index contributed by atoms with van der Waals surface area (Å²) >= 11 is 1.46. The third kappa shape index (κ3) is 4.63. The number of likely N-dealkylation sites (tertiary alicyclic amines) is 1. The molecule has 6 nitrogen and oxygen atoms in total. The van der Waals surface area contributed by atoms with E-state index in [1.807, 2.05) is 36.5 Å². The van der Waals surface area contributed by atoms with Crippen LogP contribution in [0.3, 0.4) is 0 Å². The Morgan fingerprint density at radius 3 is 2.60 bits per heavy atom. The van der Waals surface area contributed by atoms with Crippen LogP contribution in [0, 0.1) is 0 Å². The first-order chi connectivity index (χ1) is 14.4. The molecular formula is C23H26N2O4S. The normalized spacial score (nSPS) is 18.2. The van der Waals surface area contributed by atoms with Crippen molar-refractivity contribution in [2.45, 2.75) is 12.5 Å². The smallest absolute Gasteiger partial charge is 0.295 e. The lowest BCUT2D eigenvalue weighted by atomic mass is 10.00. The number of ether oxygens (including phenoxy) is 1. The molecule has 0 aliphatic carbocycles. The van der Waals surface area contributed by atoms with Crippen LogP contribution in [0.4, 0.5) is 0 Å². The van der Waals surface area contributed by atoms with Crippen molar-refractivity contribution in [1.29, 1.82) is 0 Å². The average molecular weight is 427 g/mol. The van der Waals surface area contributed by atoms with Crippen LogP contribution >= 0.6 is 11.3 Å². The largest absolute Gasteiger partial charge is 0.507 e. The van der Waals surface area contributed by atoms with Crippen molar-refractivity contribution in [2.24, 2.45) is 0 Å². The maximum absolute atomic E-state index is 12.9. The van der Waals surface area contributed by atoms with Crippen molar-refractivity contribution < 1.29 is 19.4 Å². The zero-order valence-corrected chi connectivity index (χ0v) is 18.0. The summed E-state index contributed by atoms with van der Waals surface area (Å²) in [7, 11) is 3.93. The minimum Gasteiger partial charge on any atom is -0.507 e. The number of benzene rings is 1. The second-order valence-electron chi connectivity index (χ2n) is 7.29. The molecule has 2 aromatic rings. The van der Waals surface area contributed by atoms with Crippen molar-refractivity contribution in [3.8, 4) is 5.75 Å². The fraction of sp³-hybridized carbons (Fsp3) is 0.304. The van der Waals surface area contributed by atoms with Crippen molar-refractivity contribution in [1.82, 2.24) is 9.80 Å². The van der Waals surface area contributed by atoms with Crippen LogP contribution in [0.15, 0.2) is 60.0 Å².